The Morgan fingerprint density at radius 1 is 1.06 bits per heavy atom. The molecule has 1 amide bonds. The Kier molecular flexibility index (Phi) is 6.06. The Hall–Kier alpha value is -3.85. The fourth-order valence-corrected chi connectivity index (χ4v) is 4.99. The highest BCUT2D eigenvalue weighted by Crippen LogP contribution is 2.33. The molecule has 1 heterocycles. The minimum Gasteiger partial charge on any atom is -0.495 e. The molecule has 0 aliphatic carbocycles. The van der Waals surface area contributed by atoms with E-state index < -0.39 is 28.0 Å². The number of aryl methyl sites for hydroxylation is 1. The summed E-state index contributed by atoms with van der Waals surface area (Å²) in [5, 5.41) is 2.69. The van der Waals surface area contributed by atoms with Gasteiger partial charge in [0.1, 0.15) is 11.9 Å². The largest absolute Gasteiger partial charge is 0.495 e. The second-order valence-corrected chi connectivity index (χ2v) is 9.17. The van der Waals surface area contributed by atoms with Crippen LogP contribution in [0.1, 0.15) is 34.0 Å². The molecule has 170 valence electrons. The second-order valence-electron chi connectivity index (χ2n) is 7.52. The van der Waals surface area contributed by atoms with Crippen LogP contribution in [0.2, 0.25) is 0 Å². The number of sulfonamides is 1. The maximum Gasteiger partial charge on any atom is 0.339 e. The van der Waals surface area contributed by atoms with Gasteiger partial charge in [0.05, 0.1) is 29.7 Å². The number of amides is 1. The molecule has 33 heavy (non-hydrogen) atoms. The molecule has 0 bridgehead atoms. The van der Waals surface area contributed by atoms with E-state index in [1.54, 1.807) is 67.6 Å². The summed E-state index contributed by atoms with van der Waals surface area (Å²) in [6, 6.07) is 18.2. The van der Waals surface area contributed by atoms with Gasteiger partial charge in [0, 0.05) is 11.3 Å². The fourth-order valence-electron chi connectivity index (χ4n) is 3.65. The number of para-hydroxylation sites is 2. The van der Waals surface area contributed by atoms with Gasteiger partial charge in [0.2, 0.25) is 5.91 Å². The van der Waals surface area contributed by atoms with Gasteiger partial charge >= 0.3 is 5.97 Å². The molecule has 3 aromatic rings. The number of cyclic esters (lactones) is 1. The Morgan fingerprint density at radius 2 is 1.79 bits per heavy atom. The Labute approximate surface area is 191 Å². The first kappa shape index (κ1) is 22.3. The van der Waals surface area contributed by atoms with E-state index in [1.807, 2.05) is 0 Å². The van der Waals surface area contributed by atoms with Crippen molar-refractivity contribution in [3.05, 3.63) is 83.4 Å². The number of nitrogens with one attached hydrogen (secondary N) is 2. The number of hydrogen-bond acceptors (Lipinski definition) is 6. The lowest BCUT2D eigenvalue weighted by Gasteiger charge is -2.15. The number of methoxy groups -OCH3 is 1. The van der Waals surface area contributed by atoms with Crippen molar-refractivity contribution < 1.29 is 27.5 Å². The molecular formula is C24H22N2O6S. The van der Waals surface area contributed by atoms with E-state index in [2.05, 4.69) is 10.0 Å². The van der Waals surface area contributed by atoms with Crippen LogP contribution in [0.3, 0.4) is 0 Å². The van der Waals surface area contributed by atoms with Gasteiger partial charge in [-0.15, -0.1) is 0 Å². The van der Waals surface area contributed by atoms with E-state index in [0.29, 0.717) is 33.8 Å². The molecule has 2 N–H and O–H groups in total. The standard InChI is InChI=1S/C24H22N2O6S/c1-15-11-12-16(13-22(15)33(29,30)26-19-9-5-6-10-20(19)31-2)25-23(27)14-21-17-7-3-4-8-18(17)24(28)32-21/h3-13,21,26H,14H2,1-2H3,(H,25,27)/t21-/m0/s1. The van der Waals surface area contributed by atoms with Crippen LogP contribution >= 0.6 is 0 Å². The first-order valence-electron chi connectivity index (χ1n) is 10.1. The topological polar surface area (TPSA) is 111 Å². The average molecular weight is 467 g/mol. The SMILES string of the molecule is COc1ccccc1NS(=O)(=O)c1cc(NC(=O)C[C@@H]2OC(=O)c3ccccc32)ccc1C. The first-order valence-corrected chi connectivity index (χ1v) is 11.6. The summed E-state index contributed by atoms with van der Waals surface area (Å²) >= 11 is 0. The van der Waals surface area contributed by atoms with Gasteiger partial charge in [-0.2, -0.15) is 0 Å². The minimum atomic E-state index is -3.96. The number of esters is 1. The molecule has 4 rings (SSSR count). The van der Waals surface area contributed by atoms with Crippen LogP contribution < -0.4 is 14.8 Å². The van der Waals surface area contributed by atoms with E-state index in [0.717, 1.165) is 0 Å². The third-order valence-electron chi connectivity index (χ3n) is 5.26. The highest BCUT2D eigenvalue weighted by Gasteiger charge is 2.32. The smallest absolute Gasteiger partial charge is 0.339 e. The number of rotatable bonds is 7. The van der Waals surface area contributed by atoms with E-state index in [-0.39, 0.29) is 11.3 Å². The third-order valence-corrected chi connectivity index (χ3v) is 6.77. The van der Waals surface area contributed by atoms with Crippen molar-refractivity contribution >= 4 is 33.3 Å². The number of carbonyl (C=O) groups is 2. The highest BCUT2D eigenvalue weighted by molar-refractivity contribution is 7.92. The predicted molar refractivity (Wildman–Crippen MR) is 123 cm³/mol. The molecule has 0 saturated heterocycles. The summed E-state index contributed by atoms with van der Waals surface area (Å²) in [6.45, 7) is 1.66. The molecule has 1 atom stereocenters. The molecule has 9 heteroatoms. The number of benzene rings is 3. The van der Waals surface area contributed by atoms with E-state index in [4.69, 9.17) is 9.47 Å². The van der Waals surface area contributed by atoms with Gasteiger partial charge in [0.25, 0.3) is 10.0 Å². The number of anilines is 2. The lowest BCUT2D eigenvalue weighted by molar-refractivity contribution is -0.118. The summed E-state index contributed by atoms with van der Waals surface area (Å²) in [5.74, 6) is -0.488. The van der Waals surface area contributed by atoms with E-state index in [1.165, 1.54) is 13.2 Å². The average Bonchev–Trinajstić information content (AvgIpc) is 3.10. The number of ether oxygens (including phenoxy) is 2. The van der Waals surface area contributed by atoms with Crippen LogP contribution in [-0.2, 0) is 19.6 Å². The zero-order valence-electron chi connectivity index (χ0n) is 18.0. The quantitative estimate of drug-likeness (QED) is 0.509. The molecule has 0 radical (unpaired) electrons. The maximum atomic E-state index is 13.0. The van der Waals surface area contributed by atoms with E-state index in [9.17, 15) is 18.0 Å². The van der Waals surface area contributed by atoms with Crippen LogP contribution in [-0.4, -0.2) is 27.4 Å². The summed E-state index contributed by atoms with van der Waals surface area (Å²) in [4.78, 5) is 24.6. The molecule has 0 unspecified atom stereocenters. The molecular weight excluding hydrogens is 444 g/mol. The molecule has 0 fully saturated rings. The normalized spacial score (nSPS) is 14.8. The second kappa shape index (κ2) is 8.95. The zero-order valence-corrected chi connectivity index (χ0v) is 18.8. The van der Waals surface area contributed by atoms with Crippen LogP contribution in [0.25, 0.3) is 0 Å². The van der Waals surface area contributed by atoms with Crippen molar-refractivity contribution in [3.8, 4) is 5.75 Å². The van der Waals surface area contributed by atoms with Gasteiger partial charge in [-0.1, -0.05) is 36.4 Å². The lowest BCUT2D eigenvalue weighted by Crippen LogP contribution is -2.18. The first-order chi connectivity index (χ1) is 15.8. The number of carbonyl (C=O) groups excluding carboxylic acids is 2. The van der Waals surface area contributed by atoms with Gasteiger partial charge in [-0.25, -0.2) is 13.2 Å². The van der Waals surface area contributed by atoms with Crippen molar-refractivity contribution in [1.82, 2.24) is 0 Å². The zero-order chi connectivity index (χ0) is 23.6. The van der Waals surface area contributed by atoms with Crippen molar-refractivity contribution in [2.45, 2.75) is 24.3 Å². The van der Waals surface area contributed by atoms with Crippen molar-refractivity contribution in [2.24, 2.45) is 0 Å². The monoisotopic (exact) mass is 466 g/mol. The van der Waals surface area contributed by atoms with Crippen LogP contribution in [0, 0.1) is 6.92 Å². The minimum absolute atomic E-state index is 0.0174. The highest BCUT2D eigenvalue weighted by atomic mass is 32.2. The van der Waals surface area contributed by atoms with Crippen LogP contribution in [0.5, 0.6) is 5.75 Å². The van der Waals surface area contributed by atoms with Gasteiger partial charge in [0.15, 0.2) is 0 Å². The summed E-state index contributed by atoms with van der Waals surface area (Å²) < 4.78 is 39.1. The van der Waals surface area contributed by atoms with E-state index >= 15 is 0 Å². The van der Waals surface area contributed by atoms with Crippen molar-refractivity contribution in [3.63, 3.8) is 0 Å². The number of fused-ring (bicyclic) bond motifs is 1. The Bertz CT molecular complexity index is 1340. The Balaban J connectivity index is 1.51. The maximum absolute atomic E-state index is 13.0. The van der Waals surface area contributed by atoms with Crippen molar-refractivity contribution in [2.75, 3.05) is 17.1 Å². The molecule has 3 aromatic carbocycles. The molecule has 1 aliphatic heterocycles. The molecule has 8 nitrogen and oxygen atoms in total. The molecule has 0 spiro atoms. The van der Waals surface area contributed by atoms with Crippen molar-refractivity contribution in [1.29, 1.82) is 0 Å². The summed E-state index contributed by atoms with van der Waals surface area (Å²) in [5.41, 5.74) is 2.22. The van der Waals surface area contributed by atoms with Gasteiger partial charge in [-0.3, -0.25) is 9.52 Å². The van der Waals surface area contributed by atoms with Crippen LogP contribution in [0.15, 0.2) is 71.6 Å². The molecule has 0 saturated carbocycles. The third kappa shape index (κ3) is 4.68. The summed E-state index contributed by atoms with van der Waals surface area (Å²) in [7, 11) is -2.50. The summed E-state index contributed by atoms with van der Waals surface area (Å²) in [6.07, 6.45) is -0.771. The van der Waals surface area contributed by atoms with Gasteiger partial charge < -0.3 is 14.8 Å². The number of hydrogen-bond donors (Lipinski definition) is 2. The lowest BCUT2D eigenvalue weighted by atomic mass is 10.0. The molecule has 1 aliphatic rings. The molecule has 0 aromatic heterocycles. The fraction of sp³-hybridized carbons (Fsp3) is 0.167. The van der Waals surface area contributed by atoms with Gasteiger partial charge in [-0.05, 0) is 42.8 Å². The van der Waals surface area contributed by atoms with Crippen LogP contribution in [0.4, 0.5) is 11.4 Å². The Morgan fingerprint density at radius 3 is 2.58 bits per heavy atom. The predicted octanol–water partition coefficient (Wildman–Crippen LogP) is 4.04.